The number of halogens is 1. The molecule has 0 bridgehead atoms. The Hall–Kier alpha value is -2.34. The minimum absolute atomic E-state index is 0.450. The molecule has 104 valence electrons. The largest absolute Gasteiger partial charge is 0.463 e. The zero-order chi connectivity index (χ0) is 14.5. The SMILES string of the molecule is Cc1nn(C)c(Cl)c1/C=C\C(=O)O/N=C/c1ccco1. The van der Waals surface area contributed by atoms with Gasteiger partial charge in [-0.05, 0) is 25.1 Å². The molecule has 0 fully saturated rings. The van der Waals surface area contributed by atoms with Gasteiger partial charge >= 0.3 is 5.97 Å². The summed E-state index contributed by atoms with van der Waals surface area (Å²) in [6.07, 6.45) is 5.56. The van der Waals surface area contributed by atoms with E-state index in [1.807, 2.05) is 0 Å². The lowest BCUT2D eigenvalue weighted by atomic mass is 10.2. The maximum absolute atomic E-state index is 11.5. The fraction of sp³-hybridized carbons (Fsp3) is 0.154. The highest BCUT2D eigenvalue weighted by Crippen LogP contribution is 2.19. The van der Waals surface area contributed by atoms with Gasteiger partial charge in [0, 0.05) is 18.7 Å². The van der Waals surface area contributed by atoms with Gasteiger partial charge in [0.1, 0.15) is 17.1 Å². The van der Waals surface area contributed by atoms with E-state index in [9.17, 15) is 4.79 Å². The minimum Gasteiger partial charge on any atom is -0.463 e. The summed E-state index contributed by atoms with van der Waals surface area (Å²) in [5, 5.41) is 8.08. The Morgan fingerprint density at radius 2 is 2.40 bits per heavy atom. The second-order valence-corrected chi connectivity index (χ2v) is 4.27. The molecular weight excluding hydrogens is 282 g/mol. The Balaban J connectivity index is 1.96. The van der Waals surface area contributed by atoms with Crippen LogP contribution in [0, 0.1) is 6.92 Å². The van der Waals surface area contributed by atoms with Crippen LogP contribution in [0.4, 0.5) is 0 Å². The summed E-state index contributed by atoms with van der Waals surface area (Å²) < 4.78 is 6.52. The molecule has 2 rings (SSSR count). The molecule has 20 heavy (non-hydrogen) atoms. The van der Waals surface area contributed by atoms with Crippen molar-refractivity contribution in [3.05, 3.63) is 46.6 Å². The summed E-state index contributed by atoms with van der Waals surface area (Å²) in [6, 6.07) is 3.39. The molecule has 0 amide bonds. The maximum atomic E-state index is 11.5. The van der Waals surface area contributed by atoms with E-state index < -0.39 is 5.97 Å². The summed E-state index contributed by atoms with van der Waals surface area (Å²) in [4.78, 5) is 16.1. The van der Waals surface area contributed by atoms with E-state index in [-0.39, 0.29) is 0 Å². The van der Waals surface area contributed by atoms with Crippen LogP contribution in [0.15, 0.2) is 34.0 Å². The van der Waals surface area contributed by atoms with Crippen molar-refractivity contribution in [2.24, 2.45) is 12.2 Å². The summed E-state index contributed by atoms with van der Waals surface area (Å²) in [5.74, 6) is -0.125. The second-order valence-electron chi connectivity index (χ2n) is 3.91. The molecule has 0 aliphatic carbocycles. The second kappa shape index (κ2) is 6.21. The lowest BCUT2D eigenvalue weighted by Crippen LogP contribution is -1.94. The van der Waals surface area contributed by atoms with Crippen LogP contribution in [-0.4, -0.2) is 22.0 Å². The van der Waals surface area contributed by atoms with Gasteiger partial charge in [0.15, 0.2) is 0 Å². The third kappa shape index (κ3) is 3.36. The van der Waals surface area contributed by atoms with Crippen LogP contribution < -0.4 is 0 Å². The van der Waals surface area contributed by atoms with Crippen molar-refractivity contribution < 1.29 is 14.0 Å². The number of nitrogens with zero attached hydrogens (tertiary/aromatic N) is 3. The number of aryl methyl sites for hydroxylation is 2. The van der Waals surface area contributed by atoms with Crippen molar-refractivity contribution >= 4 is 29.9 Å². The molecule has 0 unspecified atom stereocenters. The van der Waals surface area contributed by atoms with E-state index in [2.05, 4.69) is 15.1 Å². The molecule has 0 saturated carbocycles. The van der Waals surface area contributed by atoms with E-state index in [4.69, 9.17) is 16.0 Å². The fourth-order valence-corrected chi connectivity index (χ4v) is 1.75. The highest BCUT2D eigenvalue weighted by molar-refractivity contribution is 6.31. The molecule has 2 heterocycles. The number of carbonyl (C=O) groups is 1. The fourth-order valence-electron chi connectivity index (χ4n) is 1.51. The highest BCUT2D eigenvalue weighted by Gasteiger charge is 2.08. The van der Waals surface area contributed by atoms with Gasteiger partial charge in [-0.15, -0.1) is 0 Å². The number of hydrogen-bond donors (Lipinski definition) is 0. The first-order chi connectivity index (χ1) is 9.58. The Bertz CT molecular complexity index is 657. The Morgan fingerprint density at radius 3 is 3.00 bits per heavy atom. The van der Waals surface area contributed by atoms with Crippen LogP contribution in [0.25, 0.3) is 6.08 Å². The zero-order valence-corrected chi connectivity index (χ0v) is 11.7. The van der Waals surface area contributed by atoms with Gasteiger partial charge in [0.05, 0.1) is 12.0 Å². The topological polar surface area (TPSA) is 69.6 Å². The van der Waals surface area contributed by atoms with Gasteiger partial charge in [-0.1, -0.05) is 16.8 Å². The van der Waals surface area contributed by atoms with Crippen molar-refractivity contribution in [2.75, 3.05) is 0 Å². The summed E-state index contributed by atoms with van der Waals surface area (Å²) in [6.45, 7) is 1.80. The first-order valence-electron chi connectivity index (χ1n) is 5.73. The molecule has 6 nitrogen and oxygen atoms in total. The van der Waals surface area contributed by atoms with Crippen molar-refractivity contribution in [3.8, 4) is 0 Å². The molecule has 0 atom stereocenters. The average molecular weight is 294 g/mol. The summed E-state index contributed by atoms with van der Waals surface area (Å²) in [7, 11) is 1.72. The van der Waals surface area contributed by atoms with Crippen LogP contribution in [0.3, 0.4) is 0 Å². The predicted molar refractivity (Wildman–Crippen MR) is 74.4 cm³/mol. The lowest BCUT2D eigenvalue weighted by molar-refractivity contribution is -0.137. The molecule has 0 saturated heterocycles. The van der Waals surface area contributed by atoms with E-state index in [0.29, 0.717) is 16.5 Å². The van der Waals surface area contributed by atoms with Crippen LogP contribution in [0.1, 0.15) is 17.0 Å². The average Bonchev–Trinajstić information content (AvgIpc) is 2.98. The summed E-state index contributed by atoms with van der Waals surface area (Å²) >= 11 is 6.02. The van der Waals surface area contributed by atoms with Gasteiger partial charge in [0.2, 0.25) is 0 Å². The first-order valence-corrected chi connectivity index (χ1v) is 6.10. The predicted octanol–water partition coefficient (Wildman–Crippen LogP) is 2.57. The van der Waals surface area contributed by atoms with Crippen molar-refractivity contribution in [1.82, 2.24) is 9.78 Å². The highest BCUT2D eigenvalue weighted by atomic mass is 35.5. The van der Waals surface area contributed by atoms with E-state index >= 15 is 0 Å². The normalized spacial score (nSPS) is 11.6. The number of furan rings is 1. The molecule has 0 aliphatic heterocycles. The number of oxime groups is 1. The number of aromatic nitrogens is 2. The van der Waals surface area contributed by atoms with Crippen molar-refractivity contribution in [2.45, 2.75) is 6.92 Å². The molecular formula is C13H12ClN3O3. The molecule has 2 aromatic rings. The molecule has 0 spiro atoms. The Morgan fingerprint density at radius 1 is 1.60 bits per heavy atom. The standard InChI is InChI=1S/C13H12ClN3O3/c1-9-11(13(14)17(2)16-9)5-6-12(18)20-15-8-10-4-3-7-19-10/h3-8H,1-2H3/b6-5-,15-8+. The Kier molecular flexibility index (Phi) is 4.37. The van der Waals surface area contributed by atoms with E-state index in [1.165, 1.54) is 29.3 Å². The monoisotopic (exact) mass is 293 g/mol. The minimum atomic E-state index is -0.618. The van der Waals surface area contributed by atoms with Crippen molar-refractivity contribution in [1.29, 1.82) is 0 Å². The number of carbonyl (C=O) groups excluding carboxylic acids is 1. The zero-order valence-electron chi connectivity index (χ0n) is 10.9. The third-order valence-electron chi connectivity index (χ3n) is 2.45. The molecule has 0 aliphatic rings. The van der Waals surface area contributed by atoms with Crippen LogP contribution in [0.2, 0.25) is 5.15 Å². The third-order valence-corrected chi connectivity index (χ3v) is 2.90. The number of rotatable bonds is 4. The molecule has 0 radical (unpaired) electrons. The van der Waals surface area contributed by atoms with Crippen LogP contribution >= 0.6 is 11.6 Å². The summed E-state index contributed by atoms with van der Waals surface area (Å²) in [5.41, 5.74) is 1.39. The smallest absolute Gasteiger partial charge is 0.358 e. The van der Waals surface area contributed by atoms with Crippen molar-refractivity contribution in [3.63, 3.8) is 0 Å². The van der Waals surface area contributed by atoms with Crippen LogP contribution in [-0.2, 0) is 16.7 Å². The molecule has 2 aromatic heterocycles. The lowest BCUT2D eigenvalue weighted by Gasteiger charge is -1.92. The molecule has 7 heteroatoms. The molecule has 0 aromatic carbocycles. The van der Waals surface area contributed by atoms with Crippen LogP contribution in [0.5, 0.6) is 0 Å². The molecule has 0 N–H and O–H groups in total. The quantitative estimate of drug-likeness (QED) is 0.376. The van der Waals surface area contributed by atoms with Gasteiger partial charge < -0.3 is 9.25 Å². The van der Waals surface area contributed by atoms with Gasteiger partial charge in [-0.3, -0.25) is 4.68 Å². The number of hydrogen-bond acceptors (Lipinski definition) is 5. The first kappa shape index (κ1) is 14.1. The maximum Gasteiger partial charge on any atom is 0.358 e. The van der Waals surface area contributed by atoms with Gasteiger partial charge in [0.25, 0.3) is 0 Å². The van der Waals surface area contributed by atoms with Gasteiger partial charge in [-0.2, -0.15) is 5.10 Å². The van der Waals surface area contributed by atoms with Gasteiger partial charge in [-0.25, -0.2) is 4.79 Å². The van der Waals surface area contributed by atoms with E-state index in [0.717, 1.165) is 5.69 Å². The van der Waals surface area contributed by atoms with E-state index in [1.54, 1.807) is 26.1 Å². The Labute approximate surface area is 120 Å².